The molecule has 0 radical (unpaired) electrons. The van der Waals surface area contributed by atoms with Crippen LogP contribution in [0.15, 0.2) is 0 Å². The highest BCUT2D eigenvalue weighted by Gasteiger charge is 2.36. The Hall–Kier alpha value is -0.0800. The van der Waals surface area contributed by atoms with Crippen molar-refractivity contribution in [3.05, 3.63) is 0 Å². The van der Waals surface area contributed by atoms with Crippen LogP contribution >= 0.6 is 0 Å². The van der Waals surface area contributed by atoms with Gasteiger partial charge in [-0.05, 0) is 69.6 Å². The van der Waals surface area contributed by atoms with Gasteiger partial charge in [-0.3, -0.25) is 0 Å². The standard InChI is InChI=1S/C15H30N2/c1-2-14(13-16)5-10-17-11-8-15(9-12-17)6-3-4-7-15/h14H,2-13,16H2,1H3. The molecule has 1 saturated heterocycles. The number of likely N-dealkylation sites (tertiary alicyclic amines) is 1. The van der Waals surface area contributed by atoms with Crippen LogP contribution in [0.25, 0.3) is 0 Å². The number of nitrogens with two attached hydrogens (primary N) is 1. The van der Waals surface area contributed by atoms with E-state index in [0.717, 1.165) is 17.9 Å². The van der Waals surface area contributed by atoms with Crippen LogP contribution in [0.1, 0.15) is 58.3 Å². The fourth-order valence-corrected chi connectivity index (χ4v) is 3.73. The third-order valence-corrected chi connectivity index (χ3v) is 5.35. The number of hydrogen-bond donors (Lipinski definition) is 1. The van der Waals surface area contributed by atoms with Crippen LogP contribution in [0.5, 0.6) is 0 Å². The summed E-state index contributed by atoms with van der Waals surface area (Å²) in [5.74, 6) is 0.748. The van der Waals surface area contributed by atoms with Gasteiger partial charge in [-0.2, -0.15) is 0 Å². The largest absolute Gasteiger partial charge is 0.330 e. The van der Waals surface area contributed by atoms with E-state index >= 15 is 0 Å². The lowest BCUT2D eigenvalue weighted by Crippen LogP contribution is -2.39. The average molecular weight is 238 g/mol. The second kappa shape index (κ2) is 6.19. The van der Waals surface area contributed by atoms with Gasteiger partial charge < -0.3 is 10.6 Å². The minimum Gasteiger partial charge on any atom is -0.330 e. The first kappa shape index (κ1) is 13.4. The zero-order chi connectivity index (χ0) is 12.1. The van der Waals surface area contributed by atoms with Gasteiger partial charge in [0.2, 0.25) is 0 Å². The molecule has 1 aliphatic carbocycles. The van der Waals surface area contributed by atoms with Crippen LogP contribution in [-0.2, 0) is 0 Å². The van der Waals surface area contributed by atoms with Crippen molar-refractivity contribution in [1.82, 2.24) is 4.90 Å². The molecule has 2 aliphatic rings. The molecule has 2 N–H and O–H groups in total. The molecule has 1 heterocycles. The Labute approximate surface area is 107 Å². The highest BCUT2D eigenvalue weighted by atomic mass is 15.1. The van der Waals surface area contributed by atoms with Gasteiger partial charge in [-0.1, -0.05) is 26.2 Å². The van der Waals surface area contributed by atoms with Gasteiger partial charge in [0, 0.05) is 0 Å². The maximum atomic E-state index is 5.77. The second-order valence-electron chi connectivity index (χ2n) is 6.35. The molecular weight excluding hydrogens is 208 g/mol. The van der Waals surface area contributed by atoms with E-state index < -0.39 is 0 Å². The summed E-state index contributed by atoms with van der Waals surface area (Å²) in [4.78, 5) is 2.68. The van der Waals surface area contributed by atoms with Crippen molar-refractivity contribution < 1.29 is 0 Å². The van der Waals surface area contributed by atoms with Crippen LogP contribution in [0.3, 0.4) is 0 Å². The van der Waals surface area contributed by atoms with Crippen molar-refractivity contribution in [2.45, 2.75) is 58.3 Å². The maximum Gasteiger partial charge on any atom is -0.00134 e. The Kier molecular flexibility index (Phi) is 4.87. The summed E-state index contributed by atoms with van der Waals surface area (Å²) >= 11 is 0. The Balaban J connectivity index is 1.68. The van der Waals surface area contributed by atoms with E-state index in [1.54, 1.807) is 0 Å². The van der Waals surface area contributed by atoms with Crippen molar-refractivity contribution >= 4 is 0 Å². The topological polar surface area (TPSA) is 29.3 Å². The molecule has 0 aromatic heterocycles. The molecule has 17 heavy (non-hydrogen) atoms. The molecular formula is C15H30N2. The van der Waals surface area contributed by atoms with Gasteiger partial charge in [0.05, 0.1) is 0 Å². The van der Waals surface area contributed by atoms with Crippen LogP contribution in [0.2, 0.25) is 0 Å². The molecule has 2 rings (SSSR count). The fraction of sp³-hybridized carbons (Fsp3) is 1.00. The van der Waals surface area contributed by atoms with Gasteiger partial charge >= 0.3 is 0 Å². The summed E-state index contributed by atoms with van der Waals surface area (Å²) in [6, 6.07) is 0. The molecule has 1 aliphatic heterocycles. The first-order chi connectivity index (χ1) is 8.28. The molecule has 1 saturated carbocycles. The molecule has 2 heteroatoms. The molecule has 2 fully saturated rings. The second-order valence-corrected chi connectivity index (χ2v) is 6.35. The predicted molar refractivity (Wildman–Crippen MR) is 74.0 cm³/mol. The third kappa shape index (κ3) is 3.45. The van der Waals surface area contributed by atoms with Crippen molar-refractivity contribution in [3.8, 4) is 0 Å². The van der Waals surface area contributed by atoms with Gasteiger partial charge in [0.25, 0.3) is 0 Å². The lowest BCUT2D eigenvalue weighted by atomic mass is 9.77. The van der Waals surface area contributed by atoms with Crippen molar-refractivity contribution in [1.29, 1.82) is 0 Å². The zero-order valence-corrected chi connectivity index (χ0v) is 11.6. The lowest BCUT2D eigenvalue weighted by molar-refractivity contribution is 0.104. The van der Waals surface area contributed by atoms with Crippen LogP contribution in [-0.4, -0.2) is 31.1 Å². The van der Waals surface area contributed by atoms with Gasteiger partial charge in [0.15, 0.2) is 0 Å². The number of nitrogens with zero attached hydrogens (tertiary/aromatic N) is 1. The first-order valence-corrected chi connectivity index (χ1v) is 7.70. The lowest BCUT2D eigenvalue weighted by Gasteiger charge is -2.39. The minimum atomic E-state index is 0.748. The number of hydrogen-bond acceptors (Lipinski definition) is 2. The SMILES string of the molecule is CCC(CN)CCN1CCC2(CCCC2)CC1. The van der Waals surface area contributed by atoms with E-state index in [4.69, 9.17) is 5.73 Å². The van der Waals surface area contributed by atoms with Gasteiger partial charge in [0.1, 0.15) is 0 Å². The summed E-state index contributed by atoms with van der Waals surface area (Å²) in [6.45, 7) is 7.11. The first-order valence-electron chi connectivity index (χ1n) is 7.70. The Morgan fingerprint density at radius 3 is 2.29 bits per heavy atom. The highest BCUT2D eigenvalue weighted by Crippen LogP contribution is 2.46. The van der Waals surface area contributed by atoms with E-state index in [1.165, 1.54) is 71.0 Å². The Morgan fingerprint density at radius 2 is 1.76 bits per heavy atom. The molecule has 0 bridgehead atoms. The van der Waals surface area contributed by atoms with E-state index in [-0.39, 0.29) is 0 Å². The number of piperidine rings is 1. The molecule has 1 atom stereocenters. The predicted octanol–water partition coefficient (Wildman–Crippen LogP) is 3.02. The molecule has 0 aromatic carbocycles. The molecule has 0 amide bonds. The van der Waals surface area contributed by atoms with Crippen molar-refractivity contribution in [2.75, 3.05) is 26.2 Å². The number of rotatable bonds is 5. The smallest absolute Gasteiger partial charge is 0.00134 e. The van der Waals surface area contributed by atoms with E-state index in [0.29, 0.717) is 0 Å². The maximum absolute atomic E-state index is 5.77. The molecule has 1 unspecified atom stereocenters. The monoisotopic (exact) mass is 238 g/mol. The normalized spacial score (nSPS) is 26.5. The van der Waals surface area contributed by atoms with Gasteiger partial charge in [-0.15, -0.1) is 0 Å². The van der Waals surface area contributed by atoms with Crippen molar-refractivity contribution in [2.24, 2.45) is 17.1 Å². The minimum absolute atomic E-state index is 0.748. The van der Waals surface area contributed by atoms with Crippen LogP contribution < -0.4 is 5.73 Å². The molecule has 2 nitrogen and oxygen atoms in total. The molecule has 100 valence electrons. The summed E-state index contributed by atoms with van der Waals surface area (Å²) < 4.78 is 0. The van der Waals surface area contributed by atoms with E-state index in [1.807, 2.05) is 0 Å². The van der Waals surface area contributed by atoms with Crippen molar-refractivity contribution in [3.63, 3.8) is 0 Å². The highest BCUT2D eigenvalue weighted by molar-refractivity contribution is 4.89. The van der Waals surface area contributed by atoms with Crippen LogP contribution in [0, 0.1) is 11.3 Å². The Bertz CT molecular complexity index is 204. The summed E-state index contributed by atoms with van der Waals surface area (Å²) in [5.41, 5.74) is 6.55. The third-order valence-electron chi connectivity index (χ3n) is 5.35. The summed E-state index contributed by atoms with van der Waals surface area (Å²) in [6.07, 6.45) is 11.5. The van der Waals surface area contributed by atoms with Crippen LogP contribution in [0.4, 0.5) is 0 Å². The molecule has 0 aromatic rings. The summed E-state index contributed by atoms with van der Waals surface area (Å²) in [5, 5.41) is 0. The van der Waals surface area contributed by atoms with E-state index in [9.17, 15) is 0 Å². The fourth-order valence-electron chi connectivity index (χ4n) is 3.73. The van der Waals surface area contributed by atoms with Gasteiger partial charge in [-0.25, -0.2) is 0 Å². The zero-order valence-electron chi connectivity index (χ0n) is 11.6. The average Bonchev–Trinajstić information content (AvgIpc) is 2.81. The summed E-state index contributed by atoms with van der Waals surface area (Å²) in [7, 11) is 0. The molecule has 1 spiro atoms. The quantitative estimate of drug-likeness (QED) is 0.798. The Morgan fingerprint density at radius 1 is 1.12 bits per heavy atom. The van der Waals surface area contributed by atoms with E-state index in [2.05, 4.69) is 11.8 Å².